The molecule has 2 amide bonds. The summed E-state index contributed by atoms with van der Waals surface area (Å²) in [6.07, 6.45) is 4.89. The van der Waals surface area contributed by atoms with Crippen LogP contribution in [-0.2, 0) is 19.4 Å². The number of carbonyl (C=O) groups is 2. The first-order valence-corrected chi connectivity index (χ1v) is 10.0. The first-order valence-electron chi connectivity index (χ1n) is 7.99. The molecule has 3 atom stereocenters. The van der Waals surface area contributed by atoms with Gasteiger partial charge < -0.3 is 10.2 Å². The zero-order valence-corrected chi connectivity index (χ0v) is 14.3. The van der Waals surface area contributed by atoms with E-state index in [1.165, 1.54) is 0 Å². The second-order valence-corrected chi connectivity index (χ2v) is 8.92. The van der Waals surface area contributed by atoms with Gasteiger partial charge in [0.1, 0.15) is 9.84 Å². The summed E-state index contributed by atoms with van der Waals surface area (Å²) < 4.78 is 22.3. The van der Waals surface area contributed by atoms with Crippen molar-refractivity contribution in [2.45, 2.75) is 12.8 Å². The van der Waals surface area contributed by atoms with Crippen LogP contribution < -0.4 is 5.32 Å². The number of sulfone groups is 1. The average Bonchev–Trinajstić information content (AvgIpc) is 2.96. The molecule has 0 aromatic carbocycles. The fourth-order valence-electron chi connectivity index (χ4n) is 3.45. The lowest BCUT2D eigenvalue weighted by molar-refractivity contribution is -0.130. The molecule has 3 rings (SSSR count). The molecular weight excluding hydrogens is 330 g/mol. The van der Waals surface area contributed by atoms with Gasteiger partial charge in [-0.3, -0.25) is 14.6 Å². The standard InChI is InChI=1S/C16H21N3O4S/c1-24(22,23)6-4-16(21)19-9-13-12(14(13)10-19)7-15(20)18-11-3-2-5-17-8-11/h2-3,5,8,12-14H,4,6-7,9-10H2,1H3,(H,18,20)/t12?,13-,14+. The minimum atomic E-state index is -3.11. The molecule has 1 aliphatic carbocycles. The number of fused-ring (bicyclic) bond motifs is 1. The summed E-state index contributed by atoms with van der Waals surface area (Å²) in [6, 6.07) is 3.56. The van der Waals surface area contributed by atoms with Crippen molar-refractivity contribution < 1.29 is 18.0 Å². The Bertz CT molecular complexity index is 723. The number of nitrogens with zero attached hydrogens (tertiary/aromatic N) is 2. The Morgan fingerprint density at radius 2 is 2.04 bits per heavy atom. The third-order valence-electron chi connectivity index (χ3n) is 4.78. The molecule has 24 heavy (non-hydrogen) atoms. The van der Waals surface area contributed by atoms with E-state index in [0.29, 0.717) is 43.0 Å². The highest BCUT2D eigenvalue weighted by Crippen LogP contribution is 2.53. The Hall–Kier alpha value is -1.96. The molecule has 8 heteroatoms. The van der Waals surface area contributed by atoms with Crippen LogP contribution in [0, 0.1) is 17.8 Å². The van der Waals surface area contributed by atoms with E-state index in [4.69, 9.17) is 0 Å². The summed E-state index contributed by atoms with van der Waals surface area (Å²) in [6.45, 7) is 1.27. The Kier molecular flexibility index (Phi) is 4.58. The van der Waals surface area contributed by atoms with Gasteiger partial charge in [-0.15, -0.1) is 0 Å². The maximum atomic E-state index is 12.0. The number of nitrogens with one attached hydrogen (secondary N) is 1. The third kappa shape index (κ3) is 4.11. The minimum Gasteiger partial charge on any atom is -0.342 e. The molecule has 1 aliphatic heterocycles. The maximum absolute atomic E-state index is 12.0. The molecule has 0 radical (unpaired) electrons. The second-order valence-electron chi connectivity index (χ2n) is 6.66. The molecule has 130 valence electrons. The van der Waals surface area contributed by atoms with Crippen LogP contribution in [0.5, 0.6) is 0 Å². The average molecular weight is 351 g/mol. The molecular formula is C16H21N3O4S. The molecule has 0 bridgehead atoms. The van der Waals surface area contributed by atoms with Gasteiger partial charge in [0.2, 0.25) is 11.8 Å². The summed E-state index contributed by atoms with van der Waals surface area (Å²) in [5.74, 6) is 0.817. The number of hydrogen-bond donors (Lipinski definition) is 1. The number of piperidine rings is 1. The van der Waals surface area contributed by atoms with Gasteiger partial charge in [0.15, 0.2) is 0 Å². The highest BCUT2D eigenvalue weighted by Gasteiger charge is 2.56. The highest BCUT2D eigenvalue weighted by atomic mass is 32.2. The summed E-state index contributed by atoms with van der Waals surface area (Å²) in [5.41, 5.74) is 0.686. The monoisotopic (exact) mass is 351 g/mol. The van der Waals surface area contributed by atoms with Gasteiger partial charge in [0, 0.05) is 38.4 Å². The van der Waals surface area contributed by atoms with Crippen LogP contribution in [0.25, 0.3) is 0 Å². The van der Waals surface area contributed by atoms with E-state index < -0.39 is 9.84 Å². The zero-order valence-electron chi connectivity index (χ0n) is 13.5. The van der Waals surface area contributed by atoms with Crippen molar-refractivity contribution in [1.82, 2.24) is 9.88 Å². The largest absolute Gasteiger partial charge is 0.342 e. The van der Waals surface area contributed by atoms with E-state index in [2.05, 4.69) is 10.3 Å². The number of amides is 2. The molecule has 2 aliphatic rings. The Morgan fingerprint density at radius 3 is 2.62 bits per heavy atom. The van der Waals surface area contributed by atoms with E-state index in [-0.39, 0.29) is 24.0 Å². The van der Waals surface area contributed by atoms with Gasteiger partial charge >= 0.3 is 0 Å². The van der Waals surface area contributed by atoms with Crippen LogP contribution in [-0.4, -0.2) is 55.2 Å². The van der Waals surface area contributed by atoms with Crippen LogP contribution in [0.15, 0.2) is 24.5 Å². The normalized spacial score (nSPS) is 25.2. The predicted molar refractivity (Wildman–Crippen MR) is 88.9 cm³/mol. The number of hydrogen-bond acceptors (Lipinski definition) is 5. The molecule has 1 unspecified atom stereocenters. The quantitative estimate of drug-likeness (QED) is 0.807. The van der Waals surface area contributed by atoms with Crippen molar-refractivity contribution >= 4 is 27.3 Å². The number of aromatic nitrogens is 1. The van der Waals surface area contributed by atoms with Gasteiger partial charge in [-0.2, -0.15) is 0 Å². The molecule has 0 spiro atoms. The Labute approximate surface area is 141 Å². The second kappa shape index (κ2) is 6.51. The lowest BCUT2D eigenvalue weighted by Crippen LogP contribution is -2.33. The van der Waals surface area contributed by atoms with Crippen molar-refractivity contribution in [3.8, 4) is 0 Å². The summed E-state index contributed by atoms with van der Waals surface area (Å²) in [4.78, 5) is 29.7. The van der Waals surface area contributed by atoms with Gasteiger partial charge in [-0.1, -0.05) is 0 Å². The molecule has 2 heterocycles. The van der Waals surface area contributed by atoms with Crippen molar-refractivity contribution in [1.29, 1.82) is 0 Å². The first-order chi connectivity index (χ1) is 11.3. The minimum absolute atomic E-state index is 0.0302. The van der Waals surface area contributed by atoms with E-state index in [0.717, 1.165) is 6.26 Å². The molecule has 1 aromatic heterocycles. The van der Waals surface area contributed by atoms with Crippen LogP contribution in [0.1, 0.15) is 12.8 Å². The summed E-state index contributed by atoms with van der Waals surface area (Å²) >= 11 is 0. The molecule has 2 fully saturated rings. The van der Waals surface area contributed by atoms with E-state index in [1.54, 1.807) is 29.4 Å². The smallest absolute Gasteiger partial charge is 0.224 e. The molecule has 1 N–H and O–H groups in total. The van der Waals surface area contributed by atoms with Gasteiger partial charge in [-0.25, -0.2) is 8.42 Å². The lowest BCUT2D eigenvalue weighted by Gasteiger charge is -2.19. The Morgan fingerprint density at radius 1 is 1.33 bits per heavy atom. The van der Waals surface area contributed by atoms with Gasteiger partial charge in [-0.05, 0) is 29.9 Å². The summed E-state index contributed by atoms with van der Waals surface area (Å²) in [5, 5.41) is 2.82. The van der Waals surface area contributed by atoms with Crippen molar-refractivity contribution in [3.05, 3.63) is 24.5 Å². The number of likely N-dealkylation sites (tertiary alicyclic amines) is 1. The van der Waals surface area contributed by atoms with Gasteiger partial charge in [0.05, 0.1) is 17.6 Å². The summed E-state index contributed by atoms with van der Waals surface area (Å²) in [7, 11) is -3.11. The number of anilines is 1. The van der Waals surface area contributed by atoms with E-state index in [9.17, 15) is 18.0 Å². The molecule has 1 saturated carbocycles. The zero-order chi connectivity index (χ0) is 17.3. The third-order valence-corrected chi connectivity index (χ3v) is 5.72. The van der Waals surface area contributed by atoms with Crippen molar-refractivity contribution in [3.63, 3.8) is 0 Å². The molecule has 1 aromatic rings. The van der Waals surface area contributed by atoms with Crippen LogP contribution in [0.3, 0.4) is 0 Å². The number of carbonyl (C=O) groups excluding carboxylic acids is 2. The predicted octanol–water partition coefficient (Wildman–Crippen LogP) is 0.549. The van der Waals surface area contributed by atoms with Crippen LogP contribution >= 0.6 is 0 Å². The number of rotatable bonds is 6. The van der Waals surface area contributed by atoms with Crippen LogP contribution in [0.4, 0.5) is 5.69 Å². The fourth-order valence-corrected chi connectivity index (χ4v) is 3.99. The van der Waals surface area contributed by atoms with E-state index >= 15 is 0 Å². The Balaban J connectivity index is 1.41. The van der Waals surface area contributed by atoms with Crippen molar-refractivity contribution in [2.24, 2.45) is 17.8 Å². The first kappa shape index (κ1) is 16.9. The van der Waals surface area contributed by atoms with E-state index in [1.807, 2.05) is 0 Å². The van der Waals surface area contributed by atoms with Gasteiger partial charge in [0.25, 0.3) is 0 Å². The van der Waals surface area contributed by atoms with Crippen molar-refractivity contribution in [2.75, 3.05) is 30.4 Å². The topological polar surface area (TPSA) is 96.4 Å². The molecule has 7 nitrogen and oxygen atoms in total. The number of pyridine rings is 1. The SMILES string of the molecule is CS(=O)(=O)CCC(=O)N1C[C@@H]2C(CC(=O)Nc3cccnc3)[C@@H]2C1. The lowest BCUT2D eigenvalue weighted by atomic mass is 10.2. The van der Waals surface area contributed by atoms with Crippen LogP contribution in [0.2, 0.25) is 0 Å². The maximum Gasteiger partial charge on any atom is 0.224 e. The molecule has 1 saturated heterocycles. The fraction of sp³-hybridized carbons (Fsp3) is 0.562. The highest BCUT2D eigenvalue weighted by molar-refractivity contribution is 7.90.